The molecule has 0 saturated carbocycles. The van der Waals surface area contributed by atoms with Gasteiger partial charge >= 0.3 is 0 Å². The van der Waals surface area contributed by atoms with Gasteiger partial charge in [0.05, 0.1) is 19.8 Å². The van der Waals surface area contributed by atoms with Gasteiger partial charge in [-0.3, -0.25) is 4.79 Å². The highest BCUT2D eigenvalue weighted by atomic mass is 127. The van der Waals surface area contributed by atoms with Gasteiger partial charge < -0.3 is 19.7 Å². The number of hydrogen-bond acceptors (Lipinski definition) is 4. The van der Waals surface area contributed by atoms with E-state index in [9.17, 15) is 4.79 Å². The van der Waals surface area contributed by atoms with Gasteiger partial charge in [0.2, 0.25) is 0 Å². The largest absolute Gasteiger partial charge is 0.493 e. The number of ether oxygens (including phenoxy) is 2. The van der Waals surface area contributed by atoms with Gasteiger partial charge in [-0.05, 0) is 86.0 Å². The van der Waals surface area contributed by atoms with Crippen LogP contribution in [0.3, 0.4) is 0 Å². The molecule has 140 valence electrons. The number of piperidine rings is 1. The number of likely N-dealkylation sites (tertiary alicyclic amines) is 1. The maximum absolute atomic E-state index is 12.4. The van der Waals surface area contributed by atoms with Crippen LogP contribution >= 0.6 is 22.6 Å². The number of hydrogen-bond donors (Lipinski definition) is 1. The lowest BCUT2D eigenvalue weighted by atomic mass is 9.99. The number of carbonyl (C=O) groups is 1. The molecular weight excluding hydrogens is 431 g/mol. The molecule has 1 heterocycles. The third-order valence-electron chi connectivity index (χ3n) is 4.78. The van der Waals surface area contributed by atoms with Gasteiger partial charge in [-0.15, -0.1) is 0 Å². The van der Waals surface area contributed by atoms with Gasteiger partial charge in [0.15, 0.2) is 11.5 Å². The Morgan fingerprint density at radius 1 is 1.20 bits per heavy atom. The Labute approximate surface area is 164 Å². The van der Waals surface area contributed by atoms with Crippen LogP contribution in [0.1, 0.15) is 43.0 Å². The van der Waals surface area contributed by atoms with E-state index in [0.29, 0.717) is 23.6 Å². The minimum absolute atomic E-state index is 0.0582. The van der Waals surface area contributed by atoms with E-state index in [1.807, 2.05) is 6.07 Å². The van der Waals surface area contributed by atoms with E-state index in [1.54, 1.807) is 20.3 Å². The standard InChI is InChI=1S/C19H29IN2O3/c1-14-6-10-22(11-7-14)9-5-4-8-21-19(23)15-12-17(24-2)18(25-3)13-16(15)20/h12-14H,4-11H2,1-3H3,(H,21,23). The van der Waals surface area contributed by atoms with E-state index < -0.39 is 0 Å². The van der Waals surface area contributed by atoms with E-state index >= 15 is 0 Å². The Morgan fingerprint density at radius 3 is 2.48 bits per heavy atom. The van der Waals surface area contributed by atoms with E-state index in [2.05, 4.69) is 39.7 Å². The van der Waals surface area contributed by atoms with Crippen LogP contribution in [0.15, 0.2) is 12.1 Å². The van der Waals surface area contributed by atoms with Gasteiger partial charge in [0, 0.05) is 10.1 Å². The lowest BCUT2D eigenvalue weighted by Gasteiger charge is -2.30. The number of halogens is 1. The fourth-order valence-corrected chi connectivity index (χ4v) is 3.75. The molecule has 5 nitrogen and oxygen atoms in total. The fourth-order valence-electron chi connectivity index (χ4n) is 3.07. The molecule has 1 aromatic carbocycles. The second-order valence-electron chi connectivity index (χ2n) is 6.67. The van der Waals surface area contributed by atoms with Crippen LogP contribution in [-0.2, 0) is 0 Å². The average Bonchev–Trinajstić information content (AvgIpc) is 2.62. The zero-order valence-corrected chi connectivity index (χ0v) is 17.6. The number of benzene rings is 1. The highest BCUT2D eigenvalue weighted by molar-refractivity contribution is 14.1. The quantitative estimate of drug-likeness (QED) is 0.477. The Hall–Kier alpha value is -1.02. The van der Waals surface area contributed by atoms with Crippen molar-refractivity contribution in [2.75, 3.05) is 40.4 Å². The molecule has 1 aromatic rings. The predicted molar refractivity (Wildman–Crippen MR) is 109 cm³/mol. The molecule has 1 fully saturated rings. The SMILES string of the molecule is COc1cc(I)c(C(=O)NCCCCN2CCC(C)CC2)cc1OC. The molecule has 0 spiro atoms. The number of amides is 1. The zero-order chi connectivity index (χ0) is 18.2. The van der Waals surface area contributed by atoms with Gasteiger partial charge in [-0.2, -0.15) is 0 Å². The smallest absolute Gasteiger partial charge is 0.252 e. The number of methoxy groups -OCH3 is 2. The molecule has 25 heavy (non-hydrogen) atoms. The van der Waals surface area contributed by atoms with Crippen molar-refractivity contribution in [1.82, 2.24) is 10.2 Å². The molecule has 0 bridgehead atoms. The van der Waals surface area contributed by atoms with E-state index in [1.165, 1.54) is 25.9 Å². The molecule has 2 rings (SSSR count). The van der Waals surface area contributed by atoms with Crippen LogP contribution in [0, 0.1) is 9.49 Å². The molecule has 0 aliphatic carbocycles. The Bertz CT molecular complexity index is 572. The monoisotopic (exact) mass is 460 g/mol. The topological polar surface area (TPSA) is 50.8 Å². The van der Waals surface area contributed by atoms with Crippen LogP contribution in [0.2, 0.25) is 0 Å². The molecule has 1 amide bonds. The van der Waals surface area contributed by atoms with Crippen LogP contribution in [-0.4, -0.2) is 51.2 Å². The van der Waals surface area contributed by atoms with Crippen molar-refractivity contribution in [3.05, 3.63) is 21.3 Å². The second kappa shape index (κ2) is 10.2. The summed E-state index contributed by atoms with van der Waals surface area (Å²) in [4.78, 5) is 15.0. The normalized spacial score (nSPS) is 15.8. The Balaban J connectivity index is 1.75. The summed E-state index contributed by atoms with van der Waals surface area (Å²) in [5, 5.41) is 3.01. The molecule has 1 aliphatic rings. The van der Waals surface area contributed by atoms with Crippen molar-refractivity contribution in [2.45, 2.75) is 32.6 Å². The maximum Gasteiger partial charge on any atom is 0.252 e. The summed E-state index contributed by atoms with van der Waals surface area (Å²) in [6, 6.07) is 3.57. The lowest BCUT2D eigenvalue weighted by molar-refractivity contribution is 0.0951. The van der Waals surface area contributed by atoms with Gasteiger partial charge in [-0.1, -0.05) is 6.92 Å². The predicted octanol–water partition coefficient (Wildman–Crippen LogP) is 3.55. The average molecular weight is 460 g/mol. The summed E-state index contributed by atoms with van der Waals surface area (Å²) in [5.41, 5.74) is 0.628. The van der Waals surface area contributed by atoms with Crippen LogP contribution in [0.25, 0.3) is 0 Å². The number of carbonyl (C=O) groups excluding carboxylic acids is 1. The highest BCUT2D eigenvalue weighted by Gasteiger charge is 2.16. The molecule has 0 radical (unpaired) electrons. The van der Waals surface area contributed by atoms with Crippen molar-refractivity contribution in [3.63, 3.8) is 0 Å². The van der Waals surface area contributed by atoms with E-state index in [4.69, 9.17) is 9.47 Å². The lowest BCUT2D eigenvalue weighted by Crippen LogP contribution is -2.34. The number of rotatable bonds is 8. The first-order valence-corrected chi connectivity index (χ1v) is 10.0. The van der Waals surface area contributed by atoms with Crippen molar-refractivity contribution >= 4 is 28.5 Å². The Morgan fingerprint density at radius 2 is 1.84 bits per heavy atom. The zero-order valence-electron chi connectivity index (χ0n) is 15.4. The van der Waals surface area contributed by atoms with Gasteiger partial charge in [0.25, 0.3) is 5.91 Å². The maximum atomic E-state index is 12.4. The number of nitrogens with one attached hydrogen (secondary N) is 1. The molecule has 0 unspecified atom stereocenters. The summed E-state index contributed by atoms with van der Waals surface area (Å²) < 4.78 is 11.4. The van der Waals surface area contributed by atoms with Gasteiger partial charge in [-0.25, -0.2) is 0 Å². The van der Waals surface area contributed by atoms with Crippen LogP contribution in [0.4, 0.5) is 0 Å². The third kappa shape index (κ3) is 6.02. The molecule has 1 saturated heterocycles. The van der Waals surface area contributed by atoms with Crippen molar-refractivity contribution in [2.24, 2.45) is 5.92 Å². The highest BCUT2D eigenvalue weighted by Crippen LogP contribution is 2.31. The summed E-state index contributed by atoms with van der Waals surface area (Å²) in [6.45, 7) is 6.61. The molecule has 1 aliphatic heterocycles. The van der Waals surface area contributed by atoms with Crippen LogP contribution < -0.4 is 14.8 Å². The fraction of sp³-hybridized carbons (Fsp3) is 0.632. The van der Waals surface area contributed by atoms with Crippen LogP contribution in [0.5, 0.6) is 11.5 Å². The minimum Gasteiger partial charge on any atom is -0.493 e. The first kappa shape index (κ1) is 20.3. The molecule has 6 heteroatoms. The third-order valence-corrected chi connectivity index (χ3v) is 5.67. The first-order valence-electron chi connectivity index (χ1n) is 8.97. The first-order chi connectivity index (χ1) is 12.0. The molecule has 0 aromatic heterocycles. The van der Waals surface area contributed by atoms with Gasteiger partial charge in [0.1, 0.15) is 0 Å². The van der Waals surface area contributed by atoms with E-state index in [0.717, 1.165) is 28.9 Å². The summed E-state index contributed by atoms with van der Waals surface area (Å²) in [5.74, 6) is 2.03. The summed E-state index contributed by atoms with van der Waals surface area (Å²) in [7, 11) is 3.17. The summed E-state index contributed by atoms with van der Waals surface area (Å²) >= 11 is 2.15. The number of nitrogens with zero attached hydrogens (tertiary/aromatic N) is 1. The number of unbranched alkanes of at least 4 members (excludes halogenated alkanes) is 1. The van der Waals surface area contributed by atoms with Crippen molar-refractivity contribution in [3.8, 4) is 11.5 Å². The van der Waals surface area contributed by atoms with Crippen molar-refractivity contribution < 1.29 is 14.3 Å². The van der Waals surface area contributed by atoms with E-state index in [-0.39, 0.29) is 5.91 Å². The minimum atomic E-state index is -0.0582. The Kier molecular flexibility index (Phi) is 8.29. The molecular formula is C19H29IN2O3. The molecule has 0 atom stereocenters. The summed E-state index contributed by atoms with van der Waals surface area (Å²) in [6.07, 6.45) is 4.75. The molecule has 1 N–H and O–H groups in total. The van der Waals surface area contributed by atoms with Crippen molar-refractivity contribution in [1.29, 1.82) is 0 Å². The second-order valence-corrected chi connectivity index (χ2v) is 7.84.